The third-order valence-electron chi connectivity index (χ3n) is 5.62. The van der Waals surface area contributed by atoms with Gasteiger partial charge in [-0.25, -0.2) is 0 Å². The molecule has 2 atom stereocenters. The number of fused-ring (bicyclic) bond motifs is 1. The van der Waals surface area contributed by atoms with Gasteiger partial charge in [-0.3, -0.25) is 4.98 Å². The highest BCUT2D eigenvalue weighted by Gasteiger charge is 2.42. The molecular formula is C21H35N3O2Si. The van der Waals surface area contributed by atoms with Crippen LogP contribution >= 0.6 is 0 Å². The summed E-state index contributed by atoms with van der Waals surface area (Å²) < 4.78 is 6.57. The van der Waals surface area contributed by atoms with Crippen LogP contribution < -0.4 is 11.1 Å². The number of anilines is 2. The topological polar surface area (TPSA) is 80.4 Å². The molecule has 0 spiro atoms. The van der Waals surface area contributed by atoms with Crippen LogP contribution in [0.15, 0.2) is 30.5 Å². The number of aliphatic hydroxyl groups is 1. The van der Waals surface area contributed by atoms with E-state index >= 15 is 0 Å². The third-order valence-corrected chi connectivity index (χ3v) is 10.2. The summed E-state index contributed by atoms with van der Waals surface area (Å²) in [5, 5.41) is 15.4. The van der Waals surface area contributed by atoms with Crippen LogP contribution in [0.25, 0.3) is 10.9 Å². The molecule has 0 aliphatic rings. The predicted octanol–water partition coefficient (Wildman–Crippen LogP) is 4.78. The number of rotatable bonds is 6. The lowest BCUT2D eigenvalue weighted by molar-refractivity contribution is 0.0140. The van der Waals surface area contributed by atoms with Gasteiger partial charge in [-0.05, 0) is 45.0 Å². The van der Waals surface area contributed by atoms with Crippen molar-refractivity contribution in [3.8, 4) is 0 Å². The average molecular weight is 390 g/mol. The van der Waals surface area contributed by atoms with E-state index in [-0.39, 0.29) is 17.2 Å². The van der Waals surface area contributed by atoms with Crippen LogP contribution in [0.3, 0.4) is 0 Å². The van der Waals surface area contributed by atoms with Crippen LogP contribution in [0, 0.1) is 0 Å². The molecule has 2 unspecified atom stereocenters. The Labute approximate surface area is 164 Å². The van der Waals surface area contributed by atoms with Crippen molar-refractivity contribution in [2.75, 3.05) is 11.1 Å². The highest BCUT2D eigenvalue weighted by molar-refractivity contribution is 6.74. The molecule has 0 amide bonds. The first-order valence-corrected chi connectivity index (χ1v) is 12.4. The van der Waals surface area contributed by atoms with E-state index < -0.39 is 13.9 Å². The Bertz CT molecular complexity index is 794. The fraction of sp³-hybridized carbons (Fsp3) is 0.571. The molecule has 0 aliphatic carbocycles. The lowest BCUT2D eigenvalue weighted by Crippen LogP contribution is -2.54. The Morgan fingerprint density at radius 1 is 1.15 bits per heavy atom. The molecule has 0 fully saturated rings. The number of hydrogen-bond acceptors (Lipinski definition) is 5. The summed E-state index contributed by atoms with van der Waals surface area (Å²) in [7, 11) is -1.99. The molecule has 2 aromatic rings. The second-order valence-electron chi connectivity index (χ2n) is 9.46. The van der Waals surface area contributed by atoms with Gasteiger partial charge in [0.2, 0.25) is 0 Å². The maximum Gasteiger partial charge on any atom is 0.192 e. The van der Waals surface area contributed by atoms with Crippen molar-refractivity contribution in [2.45, 2.75) is 77.4 Å². The van der Waals surface area contributed by atoms with Gasteiger partial charge >= 0.3 is 0 Å². The van der Waals surface area contributed by atoms with Crippen molar-refractivity contribution in [3.63, 3.8) is 0 Å². The molecule has 1 aromatic carbocycles. The average Bonchev–Trinajstić information content (AvgIpc) is 2.51. The third kappa shape index (κ3) is 4.81. The summed E-state index contributed by atoms with van der Waals surface area (Å²) in [6, 6.07) is 7.52. The first kappa shape index (κ1) is 21.7. The molecule has 150 valence electrons. The summed E-state index contributed by atoms with van der Waals surface area (Å²) in [5.74, 6) is 0. The molecule has 4 N–H and O–H groups in total. The molecule has 0 saturated carbocycles. The summed E-state index contributed by atoms with van der Waals surface area (Å²) in [4.78, 5) is 4.40. The van der Waals surface area contributed by atoms with Gasteiger partial charge in [0, 0.05) is 5.39 Å². The van der Waals surface area contributed by atoms with E-state index in [9.17, 15) is 5.11 Å². The maximum absolute atomic E-state index is 10.9. The summed E-state index contributed by atoms with van der Waals surface area (Å²) >= 11 is 0. The van der Waals surface area contributed by atoms with Gasteiger partial charge in [-0.2, -0.15) is 0 Å². The van der Waals surface area contributed by atoms with Crippen LogP contribution in [0.4, 0.5) is 11.4 Å². The number of hydrogen-bond donors (Lipinski definition) is 3. The molecule has 27 heavy (non-hydrogen) atoms. The zero-order chi connectivity index (χ0) is 20.6. The molecule has 2 rings (SSSR count). The Kier molecular flexibility index (Phi) is 5.95. The largest absolute Gasteiger partial charge is 0.412 e. The molecule has 1 aromatic heterocycles. The van der Waals surface area contributed by atoms with Crippen molar-refractivity contribution in [2.24, 2.45) is 0 Å². The van der Waals surface area contributed by atoms with Crippen molar-refractivity contribution >= 4 is 30.6 Å². The van der Waals surface area contributed by atoms with Crippen molar-refractivity contribution in [1.82, 2.24) is 4.98 Å². The SMILES string of the molecule is CC(O[Si](C)(C)C(C)(C)C)C(Nc1c(N)cnc2ccccc12)C(C)(C)O. The first-order chi connectivity index (χ1) is 12.2. The number of para-hydroxylation sites is 1. The number of benzene rings is 1. The summed E-state index contributed by atoms with van der Waals surface area (Å²) in [6.45, 7) is 16.7. The Balaban J connectivity index is 2.41. The van der Waals surface area contributed by atoms with Crippen LogP contribution in [-0.4, -0.2) is 36.2 Å². The molecule has 5 nitrogen and oxygen atoms in total. The van der Waals surface area contributed by atoms with Crippen molar-refractivity contribution in [3.05, 3.63) is 30.5 Å². The van der Waals surface area contributed by atoms with E-state index in [1.165, 1.54) is 0 Å². The van der Waals surface area contributed by atoms with Gasteiger partial charge in [0.25, 0.3) is 0 Å². The minimum Gasteiger partial charge on any atom is -0.412 e. The molecular weight excluding hydrogens is 354 g/mol. The number of nitrogens with zero attached hydrogens (tertiary/aromatic N) is 1. The maximum atomic E-state index is 10.9. The van der Waals surface area contributed by atoms with Gasteiger partial charge in [-0.1, -0.05) is 39.0 Å². The highest BCUT2D eigenvalue weighted by Crippen LogP contribution is 2.39. The number of nitrogen functional groups attached to an aromatic ring is 1. The van der Waals surface area contributed by atoms with Crippen LogP contribution in [-0.2, 0) is 4.43 Å². The highest BCUT2D eigenvalue weighted by atomic mass is 28.4. The van der Waals surface area contributed by atoms with E-state index in [0.29, 0.717) is 5.69 Å². The predicted molar refractivity (Wildman–Crippen MR) is 118 cm³/mol. The number of nitrogens with two attached hydrogens (primary N) is 1. The summed E-state index contributed by atoms with van der Waals surface area (Å²) in [6.07, 6.45) is 1.46. The van der Waals surface area contributed by atoms with Gasteiger partial charge in [0.1, 0.15) is 0 Å². The van der Waals surface area contributed by atoms with Crippen molar-refractivity contribution < 1.29 is 9.53 Å². The van der Waals surface area contributed by atoms with Crippen LogP contribution in [0.2, 0.25) is 18.1 Å². The van der Waals surface area contributed by atoms with Gasteiger partial charge in [-0.15, -0.1) is 0 Å². The summed E-state index contributed by atoms with van der Waals surface area (Å²) in [5.41, 5.74) is 7.45. The van der Waals surface area contributed by atoms with E-state index in [1.54, 1.807) is 20.0 Å². The second kappa shape index (κ2) is 7.41. The van der Waals surface area contributed by atoms with Gasteiger partial charge < -0.3 is 20.6 Å². The lowest BCUT2D eigenvalue weighted by atomic mass is 9.94. The number of pyridine rings is 1. The van der Waals surface area contributed by atoms with Crippen LogP contribution in [0.1, 0.15) is 41.5 Å². The quantitative estimate of drug-likeness (QED) is 0.620. The van der Waals surface area contributed by atoms with Gasteiger partial charge in [0.05, 0.1) is 40.8 Å². The molecule has 0 aliphatic heterocycles. The number of aromatic nitrogens is 1. The molecule has 1 heterocycles. The number of nitrogens with one attached hydrogen (secondary N) is 1. The van der Waals surface area contributed by atoms with E-state index in [1.807, 2.05) is 31.2 Å². The Morgan fingerprint density at radius 3 is 2.30 bits per heavy atom. The molecule has 0 radical (unpaired) electrons. The van der Waals surface area contributed by atoms with Crippen molar-refractivity contribution in [1.29, 1.82) is 0 Å². The Hall–Kier alpha value is -1.63. The zero-order valence-corrected chi connectivity index (χ0v) is 18.9. The smallest absolute Gasteiger partial charge is 0.192 e. The molecule has 0 saturated heterocycles. The van der Waals surface area contributed by atoms with E-state index in [0.717, 1.165) is 16.6 Å². The van der Waals surface area contributed by atoms with Gasteiger partial charge in [0.15, 0.2) is 8.32 Å². The lowest BCUT2D eigenvalue weighted by Gasteiger charge is -2.43. The minimum absolute atomic E-state index is 0.0911. The monoisotopic (exact) mass is 389 g/mol. The molecule has 0 bridgehead atoms. The zero-order valence-electron chi connectivity index (χ0n) is 17.9. The molecule has 6 heteroatoms. The fourth-order valence-electron chi connectivity index (χ4n) is 3.05. The normalized spacial score (nSPS) is 15.6. The van der Waals surface area contributed by atoms with E-state index in [4.69, 9.17) is 10.2 Å². The fourth-order valence-corrected chi connectivity index (χ4v) is 4.47. The second-order valence-corrected chi connectivity index (χ2v) is 14.2. The van der Waals surface area contributed by atoms with Crippen LogP contribution in [0.5, 0.6) is 0 Å². The first-order valence-electron chi connectivity index (χ1n) is 9.54. The minimum atomic E-state index is -1.99. The van der Waals surface area contributed by atoms with E-state index in [2.05, 4.69) is 44.2 Å². The Morgan fingerprint density at radius 2 is 1.74 bits per heavy atom. The standard InChI is InChI=1S/C21H35N3O2Si/c1-14(26-27(7,8)20(2,3)4)19(21(5,6)25)24-18-15-11-9-10-12-17(15)23-13-16(18)22/h9-14,19,25H,22H2,1-8H3,(H,23,24).